The van der Waals surface area contributed by atoms with Gasteiger partial charge >= 0.3 is 0 Å². The molecule has 0 bridgehead atoms. The molecule has 0 spiro atoms. The maximum atomic E-state index is 13.0. The Labute approximate surface area is 165 Å². The van der Waals surface area contributed by atoms with Crippen LogP contribution >= 0.6 is 11.8 Å². The Morgan fingerprint density at radius 2 is 1.22 bits per heavy atom. The summed E-state index contributed by atoms with van der Waals surface area (Å²) in [5, 5.41) is 0. The fraction of sp³-hybridized carbons (Fsp3) is 0.143. The zero-order valence-corrected chi connectivity index (χ0v) is 16.4. The molecule has 0 saturated heterocycles. The monoisotopic (exact) mass is 400 g/mol. The van der Waals surface area contributed by atoms with Gasteiger partial charge in [-0.15, -0.1) is 0 Å². The van der Waals surface area contributed by atoms with Gasteiger partial charge in [-0.2, -0.15) is 0 Å². The molecule has 0 aliphatic heterocycles. The van der Waals surface area contributed by atoms with Gasteiger partial charge in [0.05, 0.1) is 17.0 Å². The summed E-state index contributed by atoms with van der Waals surface area (Å²) in [7, 11) is -3.74. The van der Waals surface area contributed by atoms with Crippen molar-refractivity contribution in [2.45, 2.75) is 23.9 Å². The predicted molar refractivity (Wildman–Crippen MR) is 109 cm³/mol. The molecule has 27 heavy (non-hydrogen) atoms. The summed E-state index contributed by atoms with van der Waals surface area (Å²) in [6.07, 6.45) is 0. The fourth-order valence-electron chi connectivity index (χ4n) is 2.92. The number of benzene rings is 3. The normalized spacial score (nSPS) is 13.9. The maximum absolute atomic E-state index is 13.0. The molecule has 4 nitrogen and oxygen atoms in total. The summed E-state index contributed by atoms with van der Waals surface area (Å²) in [5.74, 6) is 0. The third-order valence-electron chi connectivity index (χ3n) is 4.38. The average molecular weight is 401 g/mol. The lowest BCUT2D eigenvalue weighted by molar-refractivity contribution is 0.482. The second-order valence-corrected chi connectivity index (χ2v) is 8.25. The quantitative estimate of drug-likeness (QED) is 0.574. The van der Waals surface area contributed by atoms with Gasteiger partial charge in [0.25, 0.3) is 0 Å². The molecular formula is C21H21ClN2O2S. The number of nitrogens with one attached hydrogen (secondary N) is 2. The summed E-state index contributed by atoms with van der Waals surface area (Å²) >= 11 is 6.06. The van der Waals surface area contributed by atoms with Crippen molar-refractivity contribution in [2.24, 2.45) is 0 Å². The van der Waals surface area contributed by atoms with E-state index in [0.29, 0.717) is 0 Å². The van der Waals surface area contributed by atoms with E-state index < -0.39 is 22.1 Å². The first-order valence-corrected chi connectivity index (χ1v) is 10.4. The Balaban J connectivity index is 2.01. The van der Waals surface area contributed by atoms with Crippen LogP contribution in [0.5, 0.6) is 0 Å². The summed E-state index contributed by atoms with van der Waals surface area (Å²) in [6, 6.07) is 24.7. The Morgan fingerprint density at radius 3 is 1.70 bits per heavy atom. The van der Waals surface area contributed by atoms with Crippen LogP contribution < -0.4 is 9.56 Å². The van der Waals surface area contributed by atoms with Crippen molar-refractivity contribution >= 4 is 21.8 Å². The van der Waals surface area contributed by atoms with E-state index >= 15 is 0 Å². The number of halogens is 1. The standard InChI is InChI=1S/C21H21ClN2O2S/c1-16-12-14-19(15-13-16)27(25,26)24-21(18-10-6-3-7-11-18)20(23-22)17-8-4-2-5-9-17/h2-15,20-21,23-24H,1H3. The average Bonchev–Trinajstić information content (AvgIpc) is 2.69. The number of hydrogen-bond donors (Lipinski definition) is 2. The van der Waals surface area contributed by atoms with Gasteiger partial charge in [0.15, 0.2) is 0 Å². The Hall–Kier alpha value is -2.18. The van der Waals surface area contributed by atoms with E-state index in [4.69, 9.17) is 11.8 Å². The highest BCUT2D eigenvalue weighted by Gasteiger charge is 2.29. The van der Waals surface area contributed by atoms with E-state index in [-0.39, 0.29) is 4.90 Å². The minimum absolute atomic E-state index is 0.218. The Morgan fingerprint density at radius 1 is 0.741 bits per heavy atom. The molecule has 0 radical (unpaired) electrons. The molecular weight excluding hydrogens is 380 g/mol. The lowest BCUT2D eigenvalue weighted by atomic mass is 9.95. The number of aryl methyl sites for hydroxylation is 1. The molecule has 0 aliphatic carbocycles. The van der Waals surface area contributed by atoms with Crippen LogP contribution in [0.2, 0.25) is 0 Å². The van der Waals surface area contributed by atoms with Gasteiger partial charge < -0.3 is 0 Å². The number of rotatable bonds is 7. The van der Waals surface area contributed by atoms with Crippen LogP contribution in [-0.4, -0.2) is 8.42 Å². The molecule has 0 amide bonds. The summed E-state index contributed by atoms with van der Waals surface area (Å²) in [4.78, 5) is 2.96. The second-order valence-electron chi connectivity index (χ2n) is 6.32. The van der Waals surface area contributed by atoms with Crippen LogP contribution in [0, 0.1) is 6.92 Å². The van der Waals surface area contributed by atoms with Crippen molar-refractivity contribution in [2.75, 3.05) is 0 Å². The zero-order chi connectivity index (χ0) is 19.3. The van der Waals surface area contributed by atoms with Crippen LogP contribution in [0.25, 0.3) is 0 Å². The van der Waals surface area contributed by atoms with E-state index in [0.717, 1.165) is 16.7 Å². The van der Waals surface area contributed by atoms with Crippen LogP contribution in [0.4, 0.5) is 0 Å². The second kappa shape index (κ2) is 8.67. The Bertz CT molecular complexity index is 962. The van der Waals surface area contributed by atoms with E-state index in [2.05, 4.69) is 9.56 Å². The van der Waals surface area contributed by atoms with Crippen LogP contribution in [0.3, 0.4) is 0 Å². The fourth-order valence-corrected chi connectivity index (χ4v) is 4.41. The highest BCUT2D eigenvalue weighted by atomic mass is 35.5. The highest BCUT2D eigenvalue weighted by molar-refractivity contribution is 7.89. The molecule has 140 valence electrons. The van der Waals surface area contributed by atoms with E-state index in [9.17, 15) is 8.42 Å². The third-order valence-corrected chi connectivity index (χ3v) is 6.07. The molecule has 2 atom stereocenters. The molecule has 0 fully saturated rings. The molecule has 2 unspecified atom stereocenters. The largest absolute Gasteiger partial charge is 0.241 e. The maximum Gasteiger partial charge on any atom is 0.241 e. The molecule has 0 saturated carbocycles. The lowest BCUT2D eigenvalue weighted by Gasteiger charge is -2.27. The molecule has 6 heteroatoms. The topological polar surface area (TPSA) is 58.2 Å². The minimum atomic E-state index is -3.74. The molecule has 0 heterocycles. The smallest absolute Gasteiger partial charge is 0.224 e. The predicted octanol–water partition coefficient (Wildman–Crippen LogP) is 4.50. The van der Waals surface area contributed by atoms with Gasteiger partial charge in [-0.25, -0.2) is 18.0 Å². The molecule has 2 N–H and O–H groups in total. The number of hydrogen-bond acceptors (Lipinski definition) is 3. The summed E-state index contributed by atoms with van der Waals surface area (Å²) in [5.41, 5.74) is 2.70. The third kappa shape index (κ3) is 4.76. The van der Waals surface area contributed by atoms with Gasteiger partial charge in [-0.05, 0) is 42.0 Å². The van der Waals surface area contributed by atoms with Crippen molar-refractivity contribution in [3.8, 4) is 0 Å². The molecule has 3 rings (SSSR count). The number of sulfonamides is 1. The van der Waals surface area contributed by atoms with Crippen molar-refractivity contribution in [1.82, 2.24) is 9.56 Å². The first kappa shape index (κ1) is 19.6. The van der Waals surface area contributed by atoms with E-state index in [1.165, 1.54) is 0 Å². The van der Waals surface area contributed by atoms with E-state index in [1.54, 1.807) is 24.3 Å². The van der Waals surface area contributed by atoms with Crippen molar-refractivity contribution in [3.05, 3.63) is 102 Å². The van der Waals surface area contributed by atoms with Gasteiger partial charge in [0, 0.05) is 0 Å². The first-order valence-electron chi connectivity index (χ1n) is 8.56. The minimum Gasteiger partial charge on any atom is -0.224 e. The highest BCUT2D eigenvalue weighted by Crippen LogP contribution is 2.31. The molecule has 3 aromatic rings. The lowest BCUT2D eigenvalue weighted by Crippen LogP contribution is -2.36. The van der Waals surface area contributed by atoms with Gasteiger partial charge in [0.2, 0.25) is 10.0 Å². The SMILES string of the molecule is Cc1ccc(S(=O)(=O)NC(c2ccccc2)C(NCl)c2ccccc2)cc1. The van der Waals surface area contributed by atoms with Crippen LogP contribution in [0.1, 0.15) is 28.8 Å². The van der Waals surface area contributed by atoms with Gasteiger partial charge in [0.1, 0.15) is 0 Å². The van der Waals surface area contributed by atoms with Crippen molar-refractivity contribution in [1.29, 1.82) is 0 Å². The molecule has 0 aromatic heterocycles. The van der Waals surface area contributed by atoms with Crippen LogP contribution in [0.15, 0.2) is 89.8 Å². The Kier molecular flexibility index (Phi) is 6.29. The van der Waals surface area contributed by atoms with Crippen LogP contribution in [-0.2, 0) is 10.0 Å². The van der Waals surface area contributed by atoms with E-state index in [1.807, 2.05) is 67.6 Å². The molecule has 0 aliphatic rings. The van der Waals surface area contributed by atoms with Crippen molar-refractivity contribution < 1.29 is 8.42 Å². The van der Waals surface area contributed by atoms with Gasteiger partial charge in [-0.3, -0.25) is 0 Å². The molecule has 3 aromatic carbocycles. The summed E-state index contributed by atoms with van der Waals surface area (Å²) < 4.78 is 28.8. The summed E-state index contributed by atoms with van der Waals surface area (Å²) in [6.45, 7) is 1.92. The van der Waals surface area contributed by atoms with Crippen molar-refractivity contribution in [3.63, 3.8) is 0 Å². The zero-order valence-electron chi connectivity index (χ0n) is 14.8. The first-order chi connectivity index (χ1) is 13.0. The van der Waals surface area contributed by atoms with Gasteiger partial charge in [-0.1, -0.05) is 78.4 Å².